The van der Waals surface area contributed by atoms with Gasteiger partial charge in [0, 0.05) is 29.2 Å². The molecule has 1 unspecified atom stereocenters. The van der Waals surface area contributed by atoms with Crippen LogP contribution in [0.5, 0.6) is 0 Å². The van der Waals surface area contributed by atoms with Crippen LogP contribution in [0.15, 0.2) is 10.6 Å². The second-order valence-corrected chi connectivity index (χ2v) is 9.69. The average Bonchev–Trinajstić information content (AvgIpc) is 2.76. The van der Waals surface area contributed by atoms with Gasteiger partial charge in [-0.25, -0.2) is 9.93 Å². The fourth-order valence-corrected chi connectivity index (χ4v) is 6.06. The maximum atomic E-state index is 12.3. The van der Waals surface area contributed by atoms with Crippen molar-refractivity contribution in [2.75, 3.05) is 19.8 Å². The first-order valence-electron chi connectivity index (χ1n) is 8.18. The molecule has 1 amide bonds. The number of hydrogen-bond acceptors (Lipinski definition) is 7. The van der Waals surface area contributed by atoms with Crippen molar-refractivity contribution < 1.29 is 28.2 Å². The van der Waals surface area contributed by atoms with Gasteiger partial charge < -0.3 is 20.4 Å². The SMILES string of the molecule is C[C@@H](O)[C@H]1C(=O)N2C(C(=O)O)=C(SC3CNCN(S(N)(=O)=O)C3)[C@H](C)[C@H]12. The smallest absolute Gasteiger partial charge is 0.353 e. The number of β-lactam (4-membered cyclic amide) rings is 1. The minimum absolute atomic E-state index is 0.0675. The molecule has 10 nitrogen and oxygen atoms in total. The third-order valence-corrected chi connectivity index (χ3v) is 7.50. The van der Waals surface area contributed by atoms with Gasteiger partial charge in [-0.1, -0.05) is 6.92 Å². The van der Waals surface area contributed by atoms with Crippen molar-refractivity contribution >= 4 is 33.8 Å². The van der Waals surface area contributed by atoms with Crippen LogP contribution in [-0.4, -0.2) is 76.9 Å². The van der Waals surface area contributed by atoms with E-state index in [1.807, 2.05) is 6.92 Å². The van der Waals surface area contributed by atoms with Crippen LogP contribution in [0.2, 0.25) is 0 Å². The number of nitrogens with two attached hydrogens (primary N) is 1. The van der Waals surface area contributed by atoms with Gasteiger partial charge in [-0.15, -0.1) is 11.8 Å². The van der Waals surface area contributed by atoms with Crippen molar-refractivity contribution in [3.05, 3.63) is 10.6 Å². The number of aliphatic hydroxyl groups excluding tert-OH is 1. The fourth-order valence-electron chi connectivity index (χ4n) is 3.84. The summed E-state index contributed by atoms with van der Waals surface area (Å²) in [6.07, 6.45) is -0.861. The molecule has 12 heteroatoms. The van der Waals surface area contributed by atoms with E-state index >= 15 is 0 Å². The quantitative estimate of drug-likeness (QED) is 0.394. The number of nitrogens with one attached hydrogen (secondary N) is 1. The third-order valence-electron chi connectivity index (χ3n) is 5.03. The van der Waals surface area contributed by atoms with Gasteiger partial charge in [-0.3, -0.25) is 4.79 Å². The molecule has 2 saturated heterocycles. The first kappa shape index (κ1) is 19.6. The molecule has 5 N–H and O–H groups in total. The van der Waals surface area contributed by atoms with E-state index in [-0.39, 0.29) is 36.1 Å². The zero-order chi connectivity index (χ0) is 19.4. The lowest BCUT2D eigenvalue weighted by molar-refractivity contribution is -0.163. The Morgan fingerprint density at radius 3 is 2.65 bits per heavy atom. The molecule has 0 aromatic rings. The van der Waals surface area contributed by atoms with Crippen LogP contribution in [-0.2, 0) is 19.8 Å². The first-order valence-corrected chi connectivity index (χ1v) is 10.6. The molecule has 0 bridgehead atoms. The highest BCUT2D eigenvalue weighted by molar-refractivity contribution is 8.03. The molecule has 0 radical (unpaired) electrons. The number of carboxylic acids is 1. The summed E-state index contributed by atoms with van der Waals surface area (Å²) in [6, 6.07) is -0.387. The molecule has 146 valence electrons. The van der Waals surface area contributed by atoms with Crippen LogP contribution in [0.4, 0.5) is 0 Å². The number of carboxylic acid groups (broad SMARTS) is 1. The van der Waals surface area contributed by atoms with E-state index in [1.165, 1.54) is 23.6 Å². The standard InChI is InChI=1S/C14H22N4O6S2/c1-6-10-9(7(2)19)13(20)18(10)11(14(21)22)12(6)25-8-3-16-5-17(4-8)26(15,23)24/h6-10,16,19H,3-5H2,1-2H3,(H,21,22)(H2,15,23,24)/t6-,7-,8?,9-,10-/m1/s1. The highest BCUT2D eigenvalue weighted by Crippen LogP contribution is 2.51. The minimum atomic E-state index is -3.85. The summed E-state index contributed by atoms with van der Waals surface area (Å²) in [7, 11) is -3.85. The summed E-state index contributed by atoms with van der Waals surface area (Å²) in [5, 5.41) is 27.3. The Labute approximate surface area is 155 Å². The summed E-state index contributed by atoms with van der Waals surface area (Å²) in [5.41, 5.74) is -0.0675. The molecule has 0 aliphatic carbocycles. The Hall–Kier alpha value is -1.18. The van der Waals surface area contributed by atoms with Gasteiger partial charge in [0.25, 0.3) is 10.2 Å². The minimum Gasteiger partial charge on any atom is -0.477 e. The van der Waals surface area contributed by atoms with Crippen molar-refractivity contribution in [3.63, 3.8) is 0 Å². The molecule has 3 aliphatic heterocycles. The molecule has 2 fully saturated rings. The lowest BCUT2D eigenvalue weighted by Crippen LogP contribution is -2.63. The number of carbonyl (C=O) groups is 2. The Balaban J connectivity index is 1.84. The van der Waals surface area contributed by atoms with Gasteiger partial charge in [0.05, 0.1) is 24.7 Å². The van der Waals surface area contributed by atoms with Crippen LogP contribution in [0.3, 0.4) is 0 Å². The fraction of sp³-hybridized carbons (Fsp3) is 0.714. The van der Waals surface area contributed by atoms with Crippen molar-refractivity contribution in [1.82, 2.24) is 14.5 Å². The summed E-state index contributed by atoms with van der Waals surface area (Å²) >= 11 is 1.25. The van der Waals surface area contributed by atoms with Crippen molar-refractivity contribution in [2.24, 2.45) is 17.0 Å². The number of aliphatic hydroxyl groups is 1. The number of carbonyl (C=O) groups excluding carboxylic acids is 1. The molecule has 3 heterocycles. The van der Waals surface area contributed by atoms with Gasteiger partial charge in [-0.05, 0) is 6.92 Å². The van der Waals surface area contributed by atoms with Gasteiger partial charge >= 0.3 is 5.97 Å². The molecular formula is C14H22N4O6S2. The monoisotopic (exact) mass is 406 g/mol. The van der Waals surface area contributed by atoms with Crippen LogP contribution >= 0.6 is 11.8 Å². The zero-order valence-corrected chi connectivity index (χ0v) is 16.0. The van der Waals surface area contributed by atoms with E-state index in [1.54, 1.807) is 0 Å². The lowest BCUT2D eigenvalue weighted by atomic mass is 9.79. The number of thioether (sulfide) groups is 1. The molecule has 0 aromatic heterocycles. The highest BCUT2D eigenvalue weighted by Gasteiger charge is 2.60. The highest BCUT2D eigenvalue weighted by atomic mass is 32.2. The maximum absolute atomic E-state index is 12.3. The Bertz CT molecular complexity index is 767. The molecule has 0 aromatic carbocycles. The zero-order valence-electron chi connectivity index (χ0n) is 14.3. The molecular weight excluding hydrogens is 384 g/mol. The molecule has 3 rings (SSSR count). The third kappa shape index (κ3) is 3.14. The van der Waals surface area contributed by atoms with E-state index in [9.17, 15) is 28.2 Å². The van der Waals surface area contributed by atoms with Crippen LogP contribution in [0, 0.1) is 11.8 Å². The second kappa shape index (κ2) is 6.77. The number of nitrogens with zero attached hydrogens (tertiary/aromatic N) is 2. The number of amides is 1. The molecule has 26 heavy (non-hydrogen) atoms. The Kier molecular flexibility index (Phi) is 5.09. The average molecular weight is 406 g/mol. The normalized spacial score (nSPS) is 33.8. The van der Waals surface area contributed by atoms with Gasteiger partial charge in [0.2, 0.25) is 5.91 Å². The second-order valence-electron chi connectivity index (χ2n) is 6.80. The lowest BCUT2D eigenvalue weighted by Gasteiger charge is -2.46. The summed E-state index contributed by atoms with van der Waals surface area (Å²) in [6.45, 7) is 4.09. The number of fused-ring (bicyclic) bond motifs is 1. The predicted molar refractivity (Wildman–Crippen MR) is 93.7 cm³/mol. The maximum Gasteiger partial charge on any atom is 0.353 e. The van der Waals surface area contributed by atoms with Gasteiger partial charge in [-0.2, -0.15) is 12.7 Å². The van der Waals surface area contributed by atoms with Gasteiger partial charge in [0.1, 0.15) is 5.70 Å². The van der Waals surface area contributed by atoms with E-state index < -0.39 is 34.1 Å². The van der Waals surface area contributed by atoms with E-state index in [0.29, 0.717) is 11.4 Å². The number of rotatable bonds is 5. The topological polar surface area (TPSA) is 153 Å². The van der Waals surface area contributed by atoms with E-state index in [4.69, 9.17) is 5.14 Å². The summed E-state index contributed by atoms with van der Waals surface area (Å²) in [4.78, 5) is 25.9. The van der Waals surface area contributed by atoms with Crippen molar-refractivity contribution in [1.29, 1.82) is 0 Å². The van der Waals surface area contributed by atoms with E-state index in [2.05, 4.69) is 5.32 Å². The van der Waals surface area contributed by atoms with Crippen LogP contribution in [0.25, 0.3) is 0 Å². The molecule has 0 spiro atoms. The van der Waals surface area contributed by atoms with Crippen molar-refractivity contribution in [3.8, 4) is 0 Å². The summed E-state index contributed by atoms with van der Waals surface area (Å²) < 4.78 is 24.2. The molecule has 5 atom stereocenters. The first-order chi connectivity index (χ1) is 12.0. The predicted octanol–water partition coefficient (Wildman–Crippen LogP) is -1.69. The van der Waals surface area contributed by atoms with Crippen LogP contribution < -0.4 is 10.5 Å². The van der Waals surface area contributed by atoms with E-state index in [0.717, 1.165) is 4.31 Å². The van der Waals surface area contributed by atoms with Crippen LogP contribution in [0.1, 0.15) is 13.8 Å². The summed E-state index contributed by atoms with van der Waals surface area (Å²) in [5.74, 6) is -2.47. The number of hydrogen-bond donors (Lipinski definition) is 4. The van der Waals surface area contributed by atoms with Gasteiger partial charge in [0.15, 0.2) is 0 Å². The van der Waals surface area contributed by atoms with Crippen molar-refractivity contribution in [2.45, 2.75) is 31.2 Å². The Morgan fingerprint density at radius 2 is 2.12 bits per heavy atom. The largest absolute Gasteiger partial charge is 0.477 e. The molecule has 3 aliphatic rings. The number of aliphatic carboxylic acids is 1. The molecule has 0 saturated carbocycles. The Morgan fingerprint density at radius 1 is 1.46 bits per heavy atom.